The molecule has 0 saturated heterocycles. The molecular formula is C14H12F3NS. The molecule has 0 radical (unpaired) electrons. The Hall–Kier alpha value is -1.62. The van der Waals surface area contributed by atoms with Crippen molar-refractivity contribution in [1.82, 2.24) is 0 Å². The zero-order valence-electron chi connectivity index (χ0n) is 10.2. The minimum Gasteiger partial charge on any atom is -0.398 e. The Balaban J connectivity index is 2.24. The molecule has 0 aliphatic heterocycles. The molecular weight excluding hydrogens is 271 g/mol. The van der Waals surface area contributed by atoms with Gasteiger partial charge in [-0.1, -0.05) is 29.5 Å². The van der Waals surface area contributed by atoms with Crippen LogP contribution in [0.4, 0.5) is 18.9 Å². The van der Waals surface area contributed by atoms with Gasteiger partial charge in [0.1, 0.15) is 0 Å². The summed E-state index contributed by atoms with van der Waals surface area (Å²) in [6, 6.07) is 11.1. The summed E-state index contributed by atoms with van der Waals surface area (Å²) in [5.74, 6) is 0. The van der Waals surface area contributed by atoms with Crippen LogP contribution >= 0.6 is 11.8 Å². The van der Waals surface area contributed by atoms with E-state index in [9.17, 15) is 13.2 Å². The maximum Gasteiger partial charge on any atom is 0.416 e. The summed E-state index contributed by atoms with van der Waals surface area (Å²) in [4.78, 5) is 1.56. The average Bonchev–Trinajstić information content (AvgIpc) is 2.33. The highest BCUT2D eigenvalue weighted by molar-refractivity contribution is 7.99. The van der Waals surface area contributed by atoms with Gasteiger partial charge in [-0.3, -0.25) is 0 Å². The van der Waals surface area contributed by atoms with Crippen LogP contribution in [0.25, 0.3) is 0 Å². The largest absolute Gasteiger partial charge is 0.416 e. The lowest BCUT2D eigenvalue weighted by Crippen LogP contribution is -2.05. The zero-order chi connectivity index (χ0) is 14.0. The minimum atomic E-state index is -4.36. The number of hydrogen-bond acceptors (Lipinski definition) is 2. The Bertz CT molecular complexity index is 576. The number of hydrogen-bond donors (Lipinski definition) is 1. The van der Waals surface area contributed by atoms with Crippen LogP contribution in [-0.4, -0.2) is 0 Å². The second kappa shape index (κ2) is 5.17. The van der Waals surface area contributed by atoms with Crippen molar-refractivity contribution < 1.29 is 13.2 Å². The van der Waals surface area contributed by atoms with Crippen LogP contribution < -0.4 is 5.73 Å². The van der Waals surface area contributed by atoms with Crippen molar-refractivity contribution in [1.29, 1.82) is 0 Å². The summed E-state index contributed by atoms with van der Waals surface area (Å²) >= 11 is 1.35. The lowest BCUT2D eigenvalue weighted by atomic mass is 10.2. The van der Waals surface area contributed by atoms with Crippen molar-refractivity contribution in [2.45, 2.75) is 22.9 Å². The molecule has 0 unspecified atom stereocenters. The van der Waals surface area contributed by atoms with E-state index in [1.807, 2.05) is 31.2 Å². The van der Waals surface area contributed by atoms with E-state index < -0.39 is 11.7 Å². The van der Waals surface area contributed by atoms with Crippen molar-refractivity contribution in [3.63, 3.8) is 0 Å². The fourth-order valence-electron chi connectivity index (χ4n) is 1.55. The first-order valence-electron chi connectivity index (χ1n) is 5.57. The molecule has 0 fully saturated rings. The Morgan fingerprint density at radius 1 is 1.00 bits per heavy atom. The van der Waals surface area contributed by atoms with E-state index >= 15 is 0 Å². The number of nitrogen functional groups attached to an aromatic ring is 1. The van der Waals surface area contributed by atoms with Crippen molar-refractivity contribution >= 4 is 17.4 Å². The number of aryl methyl sites for hydroxylation is 1. The van der Waals surface area contributed by atoms with Crippen molar-refractivity contribution in [2.75, 3.05) is 5.73 Å². The molecule has 2 N–H and O–H groups in total. The monoisotopic (exact) mass is 283 g/mol. The fraction of sp³-hybridized carbons (Fsp3) is 0.143. The Morgan fingerprint density at radius 2 is 1.63 bits per heavy atom. The van der Waals surface area contributed by atoms with Gasteiger partial charge in [-0.05, 0) is 37.3 Å². The minimum absolute atomic E-state index is 0.139. The van der Waals surface area contributed by atoms with Crippen molar-refractivity contribution in [3.05, 3.63) is 53.6 Å². The summed E-state index contributed by atoms with van der Waals surface area (Å²) in [5, 5.41) is 0. The number of anilines is 1. The predicted molar refractivity (Wildman–Crippen MR) is 71.2 cm³/mol. The van der Waals surface area contributed by atoms with Gasteiger partial charge in [0, 0.05) is 15.5 Å². The van der Waals surface area contributed by atoms with Gasteiger partial charge in [-0.15, -0.1) is 0 Å². The highest BCUT2D eigenvalue weighted by Crippen LogP contribution is 2.36. The summed E-state index contributed by atoms with van der Waals surface area (Å²) in [6.07, 6.45) is -4.36. The van der Waals surface area contributed by atoms with Crippen LogP contribution in [0.2, 0.25) is 0 Å². The standard InChI is InChI=1S/C14H12F3NS/c1-9-2-5-11(6-3-9)19-13-7-4-10(8-12(13)18)14(15,16)17/h2-8H,18H2,1H3. The molecule has 1 nitrogen and oxygen atoms in total. The van der Waals surface area contributed by atoms with Crippen LogP contribution in [-0.2, 0) is 6.18 Å². The zero-order valence-corrected chi connectivity index (χ0v) is 11.0. The maximum atomic E-state index is 12.5. The van der Waals surface area contributed by atoms with Crippen LogP contribution in [0.15, 0.2) is 52.3 Å². The molecule has 0 heterocycles. The lowest BCUT2D eigenvalue weighted by Gasteiger charge is -2.10. The summed E-state index contributed by atoms with van der Waals surface area (Å²) in [7, 11) is 0. The van der Waals surface area contributed by atoms with Gasteiger partial charge in [0.15, 0.2) is 0 Å². The SMILES string of the molecule is Cc1ccc(Sc2ccc(C(F)(F)F)cc2N)cc1. The van der Waals surface area contributed by atoms with Crippen LogP contribution in [0.5, 0.6) is 0 Å². The molecule has 19 heavy (non-hydrogen) atoms. The molecule has 0 saturated carbocycles. The predicted octanol–water partition coefficient (Wildman–Crippen LogP) is 4.75. The van der Waals surface area contributed by atoms with E-state index in [0.717, 1.165) is 22.6 Å². The molecule has 100 valence electrons. The maximum absolute atomic E-state index is 12.5. The van der Waals surface area contributed by atoms with E-state index in [2.05, 4.69) is 0 Å². The quantitative estimate of drug-likeness (QED) is 0.805. The molecule has 0 bridgehead atoms. The third kappa shape index (κ3) is 3.44. The van der Waals surface area contributed by atoms with Crippen molar-refractivity contribution in [3.8, 4) is 0 Å². The first kappa shape index (κ1) is 13.8. The van der Waals surface area contributed by atoms with E-state index in [0.29, 0.717) is 4.90 Å². The second-order valence-corrected chi connectivity index (χ2v) is 5.28. The average molecular weight is 283 g/mol. The van der Waals surface area contributed by atoms with Gasteiger partial charge in [0.05, 0.1) is 5.56 Å². The number of rotatable bonds is 2. The topological polar surface area (TPSA) is 26.0 Å². The summed E-state index contributed by atoms with van der Waals surface area (Å²) < 4.78 is 37.5. The second-order valence-electron chi connectivity index (χ2n) is 4.17. The molecule has 5 heteroatoms. The molecule has 0 spiro atoms. The van der Waals surface area contributed by atoms with Gasteiger partial charge >= 0.3 is 6.18 Å². The molecule has 0 aromatic heterocycles. The van der Waals surface area contributed by atoms with Gasteiger partial charge in [0.25, 0.3) is 0 Å². The number of nitrogens with two attached hydrogens (primary N) is 1. The third-order valence-corrected chi connectivity index (χ3v) is 3.69. The third-order valence-electron chi connectivity index (χ3n) is 2.59. The summed E-state index contributed by atoms with van der Waals surface area (Å²) in [6.45, 7) is 1.97. The van der Waals surface area contributed by atoms with E-state index in [1.165, 1.54) is 17.8 Å². The molecule has 0 atom stereocenters. The number of alkyl halides is 3. The first-order valence-corrected chi connectivity index (χ1v) is 6.39. The lowest BCUT2D eigenvalue weighted by molar-refractivity contribution is -0.137. The van der Waals surface area contributed by atoms with Crippen LogP contribution in [0.3, 0.4) is 0 Å². The first-order chi connectivity index (χ1) is 8.86. The highest BCUT2D eigenvalue weighted by Gasteiger charge is 2.30. The van der Waals surface area contributed by atoms with Gasteiger partial charge < -0.3 is 5.73 Å². The number of halogens is 3. The molecule has 2 rings (SSSR count). The Morgan fingerprint density at radius 3 is 2.16 bits per heavy atom. The smallest absolute Gasteiger partial charge is 0.398 e. The molecule has 0 aliphatic rings. The summed E-state index contributed by atoms with van der Waals surface area (Å²) in [5.41, 5.74) is 6.22. The van der Waals surface area contributed by atoms with Crippen molar-refractivity contribution in [2.24, 2.45) is 0 Å². The molecule has 0 aliphatic carbocycles. The van der Waals surface area contributed by atoms with Crippen LogP contribution in [0, 0.1) is 6.92 Å². The van der Waals surface area contributed by atoms with E-state index in [-0.39, 0.29) is 5.69 Å². The number of benzene rings is 2. The highest BCUT2D eigenvalue weighted by atomic mass is 32.2. The van der Waals surface area contributed by atoms with E-state index in [1.54, 1.807) is 0 Å². The Kier molecular flexibility index (Phi) is 3.75. The van der Waals surface area contributed by atoms with Gasteiger partial charge in [-0.2, -0.15) is 13.2 Å². The fourth-order valence-corrected chi connectivity index (χ4v) is 2.39. The molecule has 0 amide bonds. The van der Waals surface area contributed by atoms with E-state index in [4.69, 9.17) is 5.73 Å². The molecule has 2 aromatic rings. The normalized spacial score (nSPS) is 11.6. The van der Waals surface area contributed by atoms with Gasteiger partial charge in [0.2, 0.25) is 0 Å². The molecule has 2 aromatic carbocycles. The van der Waals surface area contributed by atoms with Gasteiger partial charge in [-0.25, -0.2) is 0 Å². The van der Waals surface area contributed by atoms with Crippen LogP contribution in [0.1, 0.15) is 11.1 Å². The Labute approximate surface area is 113 Å².